The molecule has 20 heavy (non-hydrogen) atoms. The maximum atomic E-state index is 13.9. The van der Waals surface area contributed by atoms with Gasteiger partial charge in [-0.1, -0.05) is 0 Å². The van der Waals surface area contributed by atoms with Gasteiger partial charge in [0.05, 0.1) is 0 Å². The number of likely N-dealkylation sites (tertiary alicyclic amines) is 1. The average molecular weight is 282 g/mol. The van der Waals surface area contributed by atoms with Gasteiger partial charge >= 0.3 is 0 Å². The van der Waals surface area contributed by atoms with Crippen molar-refractivity contribution < 1.29 is 8.78 Å². The van der Waals surface area contributed by atoms with Gasteiger partial charge in [0.1, 0.15) is 11.6 Å². The lowest BCUT2D eigenvalue weighted by molar-refractivity contribution is 0.213. The molecule has 1 saturated heterocycles. The summed E-state index contributed by atoms with van der Waals surface area (Å²) in [4.78, 5) is 2.33. The van der Waals surface area contributed by atoms with Crippen molar-refractivity contribution in [3.63, 3.8) is 0 Å². The minimum Gasteiger partial charge on any atom is -0.310 e. The van der Waals surface area contributed by atoms with E-state index in [1.807, 2.05) is 6.92 Å². The highest BCUT2D eigenvalue weighted by Gasteiger charge is 2.19. The maximum Gasteiger partial charge on any atom is 0.128 e. The van der Waals surface area contributed by atoms with Gasteiger partial charge in [-0.3, -0.25) is 0 Å². The Morgan fingerprint density at radius 2 is 1.90 bits per heavy atom. The fourth-order valence-electron chi connectivity index (χ4n) is 2.71. The van der Waals surface area contributed by atoms with Crippen LogP contribution in [0, 0.1) is 24.5 Å². The number of hydrogen-bond acceptors (Lipinski definition) is 2. The third kappa shape index (κ3) is 3.76. The third-order valence-electron chi connectivity index (χ3n) is 4.30. The lowest BCUT2D eigenvalue weighted by atomic mass is 9.96. The summed E-state index contributed by atoms with van der Waals surface area (Å²) in [5, 5.41) is 3.35. The van der Waals surface area contributed by atoms with E-state index in [1.165, 1.54) is 25.0 Å². The van der Waals surface area contributed by atoms with E-state index in [2.05, 4.69) is 17.3 Å². The van der Waals surface area contributed by atoms with Crippen LogP contribution in [0.4, 0.5) is 8.78 Å². The molecule has 0 aliphatic carbocycles. The molecule has 112 valence electrons. The molecule has 0 spiro atoms. The van der Waals surface area contributed by atoms with Gasteiger partial charge in [0.15, 0.2) is 0 Å². The van der Waals surface area contributed by atoms with E-state index >= 15 is 0 Å². The number of hydrogen-bond donors (Lipinski definition) is 1. The van der Waals surface area contributed by atoms with Gasteiger partial charge in [0, 0.05) is 11.6 Å². The largest absolute Gasteiger partial charge is 0.310 e. The van der Waals surface area contributed by atoms with E-state index in [0.29, 0.717) is 17.0 Å². The first-order valence-electron chi connectivity index (χ1n) is 7.35. The molecule has 1 fully saturated rings. The van der Waals surface area contributed by atoms with E-state index in [-0.39, 0.29) is 17.7 Å². The Hall–Kier alpha value is -1.00. The summed E-state index contributed by atoms with van der Waals surface area (Å²) in [5.41, 5.74) is 0.773. The van der Waals surface area contributed by atoms with Gasteiger partial charge in [-0.25, -0.2) is 8.78 Å². The molecule has 1 aliphatic heterocycles. The molecule has 1 aromatic rings. The van der Waals surface area contributed by atoms with Crippen LogP contribution in [0.2, 0.25) is 0 Å². The van der Waals surface area contributed by atoms with Crippen molar-refractivity contribution in [2.45, 2.75) is 32.7 Å². The summed E-state index contributed by atoms with van der Waals surface area (Å²) in [5.74, 6) is -0.0337. The number of nitrogens with one attached hydrogen (secondary N) is 1. The molecule has 4 heteroatoms. The van der Waals surface area contributed by atoms with Gasteiger partial charge in [0.2, 0.25) is 0 Å². The highest BCUT2D eigenvalue weighted by atomic mass is 19.1. The Balaban J connectivity index is 1.92. The van der Waals surface area contributed by atoms with Crippen LogP contribution in [0.25, 0.3) is 0 Å². The molecule has 1 heterocycles. The molecule has 0 saturated carbocycles. The summed E-state index contributed by atoms with van der Waals surface area (Å²) in [7, 11) is 2.14. The Morgan fingerprint density at radius 1 is 1.25 bits per heavy atom. The molecule has 1 aromatic carbocycles. The van der Waals surface area contributed by atoms with E-state index in [1.54, 1.807) is 6.92 Å². The molecular weight excluding hydrogens is 258 g/mol. The second kappa shape index (κ2) is 6.64. The SMILES string of the molecule is Cc1cc(F)c(C(C)NCC2CCN(C)CC2)cc1F. The number of aryl methyl sites for hydroxylation is 1. The third-order valence-corrected chi connectivity index (χ3v) is 4.30. The van der Waals surface area contributed by atoms with Crippen molar-refractivity contribution in [3.05, 3.63) is 34.9 Å². The number of benzene rings is 1. The second-order valence-corrected chi connectivity index (χ2v) is 6.00. The predicted octanol–water partition coefficient (Wildman–Crippen LogP) is 3.27. The van der Waals surface area contributed by atoms with E-state index < -0.39 is 0 Å². The van der Waals surface area contributed by atoms with Gasteiger partial charge in [-0.05, 0) is 77.0 Å². The fourth-order valence-corrected chi connectivity index (χ4v) is 2.71. The van der Waals surface area contributed by atoms with Gasteiger partial charge in [-0.2, -0.15) is 0 Å². The molecule has 1 unspecified atom stereocenters. The number of halogens is 2. The summed E-state index contributed by atoms with van der Waals surface area (Å²) in [6, 6.07) is 2.43. The molecule has 1 atom stereocenters. The van der Waals surface area contributed by atoms with Crippen LogP contribution in [0.1, 0.15) is 36.9 Å². The van der Waals surface area contributed by atoms with Crippen molar-refractivity contribution >= 4 is 0 Å². The number of rotatable bonds is 4. The standard InChI is InChI=1S/C16H24F2N2/c1-11-8-16(18)14(9-15(11)17)12(2)19-10-13-4-6-20(3)7-5-13/h8-9,12-13,19H,4-7,10H2,1-3H3. The van der Waals surface area contributed by atoms with Gasteiger partial charge in [-0.15, -0.1) is 0 Å². The molecule has 0 radical (unpaired) electrons. The Labute approximate surface area is 120 Å². The lowest BCUT2D eigenvalue weighted by Crippen LogP contribution is -2.35. The lowest BCUT2D eigenvalue weighted by Gasteiger charge is -2.30. The molecule has 2 nitrogen and oxygen atoms in total. The average Bonchev–Trinajstić information content (AvgIpc) is 2.42. The highest BCUT2D eigenvalue weighted by Crippen LogP contribution is 2.22. The molecule has 1 N–H and O–H groups in total. The predicted molar refractivity (Wildman–Crippen MR) is 77.7 cm³/mol. The van der Waals surface area contributed by atoms with Crippen molar-refractivity contribution in [3.8, 4) is 0 Å². The summed E-state index contributed by atoms with van der Waals surface area (Å²) in [6.07, 6.45) is 2.34. The molecule has 0 aromatic heterocycles. The fraction of sp³-hybridized carbons (Fsp3) is 0.625. The molecule has 0 bridgehead atoms. The van der Waals surface area contributed by atoms with Crippen LogP contribution >= 0.6 is 0 Å². The van der Waals surface area contributed by atoms with Crippen LogP contribution in [-0.4, -0.2) is 31.6 Å². The van der Waals surface area contributed by atoms with E-state index in [9.17, 15) is 8.78 Å². The minimum atomic E-state index is -0.339. The van der Waals surface area contributed by atoms with Gasteiger partial charge < -0.3 is 10.2 Å². The van der Waals surface area contributed by atoms with E-state index in [0.717, 1.165) is 19.6 Å². The highest BCUT2D eigenvalue weighted by molar-refractivity contribution is 5.27. The van der Waals surface area contributed by atoms with Crippen LogP contribution < -0.4 is 5.32 Å². The Bertz CT molecular complexity index is 454. The summed E-state index contributed by atoms with van der Waals surface area (Å²) >= 11 is 0. The first-order valence-corrected chi connectivity index (χ1v) is 7.35. The smallest absolute Gasteiger partial charge is 0.128 e. The monoisotopic (exact) mass is 282 g/mol. The van der Waals surface area contributed by atoms with Crippen LogP contribution in [-0.2, 0) is 0 Å². The number of nitrogens with zero attached hydrogens (tertiary/aromatic N) is 1. The maximum absolute atomic E-state index is 13.9. The van der Waals surface area contributed by atoms with Crippen molar-refractivity contribution in [1.82, 2.24) is 10.2 Å². The zero-order chi connectivity index (χ0) is 14.7. The Morgan fingerprint density at radius 3 is 2.55 bits per heavy atom. The summed E-state index contributed by atoms with van der Waals surface area (Å²) in [6.45, 7) is 6.58. The van der Waals surface area contributed by atoms with Crippen molar-refractivity contribution in [2.75, 3.05) is 26.7 Å². The minimum absolute atomic E-state index is 0.162. The van der Waals surface area contributed by atoms with Crippen LogP contribution in [0.3, 0.4) is 0 Å². The Kier molecular flexibility index (Phi) is 5.11. The second-order valence-electron chi connectivity index (χ2n) is 6.00. The van der Waals surface area contributed by atoms with Crippen LogP contribution in [0.15, 0.2) is 12.1 Å². The van der Waals surface area contributed by atoms with Gasteiger partial charge in [0.25, 0.3) is 0 Å². The zero-order valence-electron chi connectivity index (χ0n) is 12.5. The first kappa shape index (κ1) is 15.4. The zero-order valence-corrected chi connectivity index (χ0v) is 12.5. The molecule has 2 rings (SSSR count). The quantitative estimate of drug-likeness (QED) is 0.912. The molecule has 0 amide bonds. The molecule has 1 aliphatic rings. The topological polar surface area (TPSA) is 15.3 Å². The van der Waals surface area contributed by atoms with Crippen LogP contribution in [0.5, 0.6) is 0 Å². The summed E-state index contributed by atoms with van der Waals surface area (Å²) < 4.78 is 27.4. The first-order chi connectivity index (χ1) is 9.47. The van der Waals surface area contributed by atoms with Crippen molar-refractivity contribution in [2.24, 2.45) is 5.92 Å². The normalized spacial score (nSPS) is 19.2. The number of piperidine rings is 1. The molecular formula is C16H24F2N2. The van der Waals surface area contributed by atoms with Crippen molar-refractivity contribution in [1.29, 1.82) is 0 Å². The van der Waals surface area contributed by atoms with E-state index in [4.69, 9.17) is 0 Å².